The molecule has 2 aliphatic heterocycles. The number of hydrogen-bond acceptors (Lipinski definition) is 6. The Morgan fingerprint density at radius 1 is 1.00 bits per heavy atom. The summed E-state index contributed by atoms with van der Waals surface area (Å²) in [4.78, 5) is 16.0. The average molecular weight is 647 g/mol. The van der Waals surface area contributed by atoms with E-state index in [9.17, 15) is 31.1 Å². The summed E-state index contributed by atoms with van der Waals surface area (Å²) >= 11 is 0. The van der Waals surface area contributed by atoms with Crippen molar-refractivity contribution in [2.24, 2.45) is 0 Å². The van der Waals surface area contributed by atoms with Crippen molar-refractivity contribution in [3.05, 3.63) is 82.9 Å². The highest BCUT2D eigenvalue weighted by molar-refractivity contribution is 6.11. The standard InChI is InChI=1S/C32H32F6N6O2/c33-18-26(24-16-20(34)2-5-27(24)35)19-1-6-28-25(15-19)30(42-41-28)40-31(45)23-4-3-22(17-29(23)39-21-7-13-46-14-8-21)43-9-11-44(12-10-43)32(36,37)38/h1-6,15-17,21,26,39H,7-14,18H2,(H2,40,41,42,45). The van der Waals surface area contributed by atoms with E-state index in [0.29, 0.717) is 64.4 Å². The van der Waals surface area contributed by atoms with E-state index in [0.717, 1.165) is 18.2 Å². The highest BCUT2D eigenvalue weighted by atomic mass is 19.4. The van der Waals surface area contributed by atoms with Crippen molar-refractivity contribution in [2.45, 2.75) is 31.1 Å². The summed E-state index contributed by atoms with van der Waals surface area (Å²) in [7, 11) is 0. The number of aromatic amines is 1. The van der Waals surface area contributed by atoms with E-state index >= 15 is 0 Å². The van der Waals surface area contributed by atoms with Crippen molar-refractivity contribution >= 4 is 34.0 Å². The predicted molar refractivity (Wildman–Crippen MR) is 162 cm³/mol. The van der Waals surface area contributed by atoms with Crippen molar-refractivity contribution in [3.8, 4) is 0 Å². The maximum atomic E-state index is 14.5. The Morgan fingerprint density at radius 2 is 1.76 bits per heavy atom. The molecule has 3 aromatic carbocycles. The largest absolute Gasteiger partial charge is 0.460 e. The molecule has 46 heavy (non-hydrogen) atoms. The van der Waals surface area contributed by atoms with E-state index in [1.807, 2.05) is 4.90 Å². The van der Waals surface area contributed by atoms with Crippen LogP contribution in [-0.2, 0) is 4.74 Å². The van der Waals surface area contributed by atoms with E-state index < -0.39 is 36.4 Å². The molecule has 1 amide bonds. The lowest BCUT2D eigenvalue weighted by Gasteiger charge is -2.37. The smallest absolute Gasteiger partial charge is 0.381 e. The number of alkyl halides is 4. The molecule has 244 valence electrons. The Balaban J connectivity index is 1.27. The number of ether oxygens (including phenoxy) is 1. The van der Waals surface area contributed by atoms with Gasteiger partial charge in [-0.2, -0.15) is 18.3 Å². The van der Waals surface area contributed by atoms with Gasteiger partial charge in [0.15, 0.2) is 5.82 Å². The van der Waals surface area contributed by atoms with Crippen LogP contribution in [0.2, 0.25) is 0 Å². The van der Waals surface area contributed by atoms with Gasteiger partial charge in [-0.05, 0) is 66.9 Å². The van der Waals surface area contributed by atoms with Gasteiger partial charge in [0.1, 0.15) is 18.3 Å². The van der Waals surface area contributed by atoms with Gasteiger partial charge in [-0.25, -0.2) is 13.7 Å². The summed E-state index contributed by atoms with van der Waals surface area (Å²) in [6.45, 7) is 0.129. The van der Waals surface area contributed by atoms with Crippen LogP contribution in [0.1, 0.15) is 40.2 Å². The summed E-state index contributed by atoms with van der Waals surface area (Å²) in [6.07, 6.45) is -2.96. The third kappa shape index (κ3) is 6.77. The number of piperazine rings is 1. The Bertz CT molecular complexity index is 1700. The van der Waals surface area contributed by atoms with E-state index in [1.165, 1.54) is 0 Å². The number of anilines is 3. The summed E-state index contributed by atoms with van der Waals surface area (Å²) in [5.41, 5.74) is 2.27. The van der Waals surface area contributed by atoms with Crippen molar-refractivity contribution in [3.63, 3.8) is 0 Å². The van der Waals surface area contributed by atoms with Gasteiger partial charge in [0.25, 0.3) is 5.91 Å². The third-order valence-electron chi connectivity index (χ3n) is 8.54. The van der Waals surface area contributed by atoms with Crippen LogP contribution in [0.25, 0.3) is 10.9 Å². The van der Waals surface area contributed by atoms with Gasteiger partial charge in [-0.15, -0.1) is 0 Å². The zero-order chi connectivity index (χ0) is 32.4. The minimum Gasteiger partial charge on any atom is -0.381 e. The van der Waals surface area contributed by atoms with Gasteiger partial charge in [-0.3, -0.25) is 14.3 Å². The fourth-order valence-corrected chi connectivity index (χ4v) is 5.98. The van der Waals surface area contributed by atoms with Gasteiger partial charge in [0.2, 0.25) is 0 Å². The molecule has 2 saturated heterocycles. The molecule has 0 saturated carbocycles. The van der Waals surface area contributed by atoms with Crippen LogP contribution in [0.5, 0.6) is 0 Å². The van der Waals surface area contributed by atoms with Crippen LogP contribution >= 0.6 is 0 Å². The molecule has 6 rings (SSSR count). The molecule has 8 nitrogen and oxygen atoms in total. The van der Waals surface area contributed by atoms with Crippen molar-refractivity contribution in [2.75, 3.05) is 61.6 Å². The maximum Gasteiger partial charge on any atom is 0.460 e. The van der Waals surface area contributed by atoms with E-state index in [4.69, 9.17) is 4.74 Å². The lowest BCUT2D eigenvalue weighted by atomic mass is 9.91. The topological polar surface area (TPSA) is 85.5 Å². The van der Waals surface area contributed by atoms with Crippen LogP contribution in [0.4, 0.5) is 43.5 Å². The number of rotatable bonds is 8. The van der Waals surface area contributed by atoms with Crippen molar-refractivity contribution < 1.29 is 35.9 Å². The molecule has 0 bridgehead atoms. The fraction of sp³-hybridized carbons (Fsp3) is 0.375. The summed E-state index contributed by atoms with van der Waals surface area (Å²) in [5.74, 6) is -2.85. The number of nitrogens with zero attached hydrogens (tertiary/aromatic N) is 3. The van der Waals surface area contributed by atoms with Gasteiger partial charge in [0, 0.05) is 73.7 Å². The molecule has 1 aromatic heterocycles. The Morgan fingerprint density at radius 3 is 2.48 bits per heavy atom. The van der Waals surface area contributed by atoms with Crippen LogP contribution < -0.4 is 15.5 Å². The quantitative estimate of drug-likeness (QED) is 0.151. The molecule has 3 heterocycles. The highest BCUT2D eigenvalue weighted by Crippen LogP contribution is 2.33. The molecule has 1 atom stereocenters. The molecule has 1 unspecified atom stereocenters. The van der Waals surface area contributed by atoms with Crippen LogP contribution in [0.15, 0.2) is 54.6 Å². The third-order valence-corrected chi connectivity index (χ3v) is 8.54. The number of nitrogens with one attached hydrogen (secondary N) is 3. The Kier molecular flexibility index (Phi) is 9.09. The first-order valence-electron chi connectivity index (χ1n) is 15.0. The molecule has 2 fully saturated rings. The minimum atomic E-state index is -4.39. The number of aromatic nitrogens is 2. The number of H-pyrrole nitrogens is 1. The SMILES string of the molecule is O=C(Nc1n[nH]c2ccc(C(CF)c3cc(F)ccc3F)cc12)c1ccc(N2CCN(C(F)(F)F)CC2)cc1NC1CCOCC1. The summed E-state index contributed by atoms with van der Waals surface area (Å²) in [5, 5.41) is 13.7. The Hall–Kier alpha value is -4.30. The molecule has 3 N–H and O–H groups in total. The van der Waals surface area contributed by atoms with E-state index in [2.05, 4.69) is 20.8 Å². The fourth-order valence-electron chi connectivity index (χ4n) is 5.98. The van der Waals surface area contributed by atoms with Gasteiger partial charge < -0.3 is 20.3 Å². The molecule has 4 aromatic rings. The normalized spacial score (nSPS) is 17.3. The van der Waals surface area contributed by atoms with Gasteiger partial charge >= 0.3 is 6.30 Å². The number of hydrogen-bond donors (Lipinski definition) is 3. The number of benzene rings is 3. The average Bonchev–Trinajstić information content (AvgIpc) is 3.45. The molecule has 0 spiro atoms. The molecular weight excluding hydrogens is 614 g/mol. The molecular formula is C32H32F6N6O2. The highest BCUT2D eigenvalue weighted by Gasteiger charge is 2.39. The van der Waals surface area contributed by atoms with Gasteiger partial charge in [-0.1, -0.05) is 6.07 Å². The zero-order valence-electron chi connectivity index (χ0n) is 24.6. The number of fused-ring (bicyclic) bond motifs is 1. The second-order valence-corrected chi connectivity index (χ2v) is 11.4. The first kappa shape index (κ1) is 31.7. The first-order valence-corrected chi connectivity index (χ1v) is 15.0. The monoisotopic (exact) mass is 646 g/mol. The summed E-state index contributed by atoms with van der Waals surface area (Å²) in [6, 6.07) is 12.8. The van der Waals surface area contributed by atoms with Crippen LogP contribution in [0, 0.1) is 11.6 Å². The van der Waals surface area contributed by atoms with Crippen molar-refractivity contribution in [1.82, 2.24) is 15.1 Å². The predicted octanol–water partition coefficient (Wildman–Crippen LogP) is 6.43. The molecule has 2 aliphatic rings. The number of amides is 1. The van der Waals surface area contributed by atoms with Gasteiger partial charge in [0.05, 0.1) is 11.1 Å². The minimum absolute atomic E-state index is 0.0206. The van der Waals surface area contributed by atoms with Crippen LogP contribution in [0.3, 0.4) is 0 Å². The number of carbonyl (C=O) groups is 1. The number of halogens is 6. The van der Waals surface area contributed by atoms with E-state index in [-0.39, 0.29) is 43.6 Å². The lowest BCUT2D eigenvalue weighted by Crippen LogP contribution is -2.52. The lowest BCUT2D eigenvalue weighted by molar-refractivity contribution is -0.246. The molecule has 0 radical (unpaired) electrons. The second kappa shape index (κ2) is 13.2. The zero-order valence-corrected chi connectivity index (χ0v) is 24.6. The maximum absolute atomic E-state index is 14.5. The summed E-state index contributed by atoms with van der Waals surface area (Å²) < 4.78 is 87.6. The first-order chi connectivity index (χ1) is 22.1. The number of carbonyl (C=O) groups excluding carboxylic acids is 1. The van der Waals surface area contributed by atoms with E-state index in [1.54, 1.807) is 36.4 Å². The molecule has 0 aliphatic carbocycles. The Labute approximate surface area is 260 Å². The molecule has 14 heteroatoms. The second-order valence-electron chi connectivity index (χ2n) is 11.4. The van der Waals surface area contributed by atoms with Crippen molar-refractivity contribution in [1.29, 1.82) is 0 Å². The van der Waals surface area contributed by atoms with Crippen LogP contribution in [-0.4, -0.2) is 79.4 Å².